The molecular weight excluding hydrogens is 614 g/mol. The van der Waals surface area contributed by atoms with E-state index >= 15 is 0 Å². The second kappa shape index (κ2) is 21.1. The van der Waals surface area contributed by atoms with Gasteiger partial charge >= 0.3 is 0 Å². The number of nitrogens with two attached hydrogens (primary N) is 1. The minimum atomic E-state index is -0.918. The first-order valence-corrected chi connectivity index (χ1v) is 16.0. The largest absolute Gasteiger partial charge is 0.361 e. The molecule has 1 aromatic heterocycles. The molecule has 13 heteroatoms. The maximum Gasteiger partial charge on any atom is 0.244 e. The third-order valence-electron chi connectivity index (χ3n) is 7.42. The van der Waals surface area contributed by atoms with Crippen LogP contribution >= 0.6 is 0 Å². The van der Waals surface area contributed by atoms with E-state index in [1.807, 2.05) is 74.6 Å². The molecule has 2 aromatic carbocycles. The molecule has 4 amide bonds. The van der Waals surface area contributed by atoms with E-state index in [2.05, 4.69) is 31.6 Å². The SMILES string of the molecule is CNC(=O)C(N)CC=O.CNCC(NC(=O)C(Cc1ccccc1)NC(=O)CCc1c[nH]c2ccccc12)C(=O)NC(C=O)CC(C)C. The Kier molecular flexibility index (Phi) is 17.3. The van der Waals surface area contributed by atoms with Crippen molar-refractivity contribution in [1.82, 2.24) is 31.6 Å². The van der Waals surface area contributed by atoms with Gasteiger partial charge in [0.05, 0.1) is 12.1 Å². The number of para-hydroxylation sites is 1. The van der Waals surface area contributed by atoms with Crippen molar-refractivity contribution in [3.05, 3.63) is 71.9 Å². The standard InChI is InChI=1S/C30H39N5O4.C5H10N2O2/c1-20(2)15-23(19-36)33-30(39)27(18-31-3)35-29(38)26(16-21-9-5-4-6-10-21)34-28(37)14-13-22-17-32-25-12-8-7-11-24(22)25;1-7-5(9)4(6)2-3-8/h4-12,17,19-20,23,26-27,31-32H,13-16,18H2,1-3H3,(H,33,39)(H,34,37)(H,35,38);3-4H,2,6H2,1H3,(H,7,9). The Hall–Kier alpha value is -4.88. The molecule has 0 spiro atoms. The van der Waals surface area contributed by atoms with Crippen molar-refractivity contribution in [1.29, 1.82) is 0 Å². The van der Waals surface area contributed by atoms with Crippen LogP contribution in [0.2, 0.25) is 0 Å². The summed E-state index contributed by atoms with van der Waals surface area (Å²) in [5.41, 5.74) is 8.11. The zero-order chi connectivity index (χ0) is 35.5. The van der Waals surface area contributed by atoms with Gasteiger partial charge in [-0.15, -0.1) is 0 Å². The summed E-state index contributed by atoms with van der Waals surface area (Å²) in [6, 6.07) is 14.2. The van der Waals surface area contributed by atoms with Gasteiger partial charge in [-0.3, -0.25) is 19.2 Å². The minimum Gasteiger partial charge on any atom is -0.361 e. The summed E-state index contributed by atoms with van der Waals surface area (Å²) in [5, 5.41) is 14.7. The van der Waals surface area contributed by atoms with Crippen molar-refractivity contribution < 1.29 is 28.8 Å². The molecule has 0 fully saturated rings. The molecular formula is C35H49N7O6. The molecule has 48 heavy (non-hydrogen) atoms. The second-order valence-corrected chi connectivity index (χ2v) is 11.8. The van der Waals surface area contributed by atoms with Gasteiger partial charge in [-0.25, -0.2) is 0 Å². The second-order valence-electron chi connectivity index (χ2n) is 11.8. The lowest BCUT2D eigenvalue weighted by atomic mass is 10.0. The van der Waals surface area contributed by atoms with Crippen molar-refractivity contribution in [3.63, 3.8) is 0 Å². The summed E-state index contributed by atoms with van der Waals surface area (Å²) < 4.78 is 0. The number of amides is 4. The number of benzene rings is 2. The molecule has 4 unspecified atom stereocenters. The zero-order valence-electron chi connectivity index (χ0n) is 28.1. The average Bonchev–Trinajstić information content (AvgIpc) is 3.49. The van der Waals surface area contributed by atoms with Crippen LogP contribution in [0.3, 0.4) is 0 Å². The topological polar surface area (TPSA) is 204 Å². The molecule has 1 heterocycles. The van der Waals surface area contributed by atoms with Gasteiger partial charge in [-0.05, 0) is 43.0 Å². The Bertz CT molecular complexity index is 1480. The Morgan fingerprint density at radius 2 is 1.52 bits per heavy atom. The van der Waals surface area contributed by atoms with E-state index in [0.29, 0.717) is 25.4 Å². The van der Waals surface area contributed by atoms with Gasteiger partial charge < -0.3 is 46.9 Å². The third-order valence-corrected chi connectivity index (χ3v) is 7.42. The molecule has 0 bridgehead atoms. The van der Waals surface area contributed by atoms with Gasteiger partial charge in [0, 0.05) is 50.0 Å². The molecule has 0 saturated heterocycles. The van der Waals surface area contributed by atoms with Gasteiger partial charge in [0.15, 0.2) is 0 Å². The zero-order valence-corrected chi connectivity index (χ0v) is 28.1. The number of aromatic amines is 1. The fraction of sp³-hybridized carbons (Fsp3) is 0.429. The summed E-state index contributed by atoms with van der Waals surface area (Å²) in [6.45, 7) is 4.09. The lowest BCUT2D eigenvalue weighted by Gasteiger charge is -2.24. The predicted octanol–water partition coefficient (Wildman–Crippen LogP) is 0.911. The molecule has 0 radical (unpaired) electrons. The fourth-order valence-corrected chi connectivity index (χ4v) is 4.93. The lowest BCUT2D eigenvalue weighted by Crippen LogP contribution is -2.58. The van der Waals surface area contributed by atoms with Crippen LogP contribution in [0.25, 0.3) is 10.9 Å². The molecule has 0 aliphatic heterocycles. The molecule has 3 rings (SSSR count). The van der Waals surface area contributed by atoms with E-state index < -0.39 is 36.0 Å². The minimum absolute atomic E-state index is 0.0830. The smallest absolute Gasteiger partial charge is 0.244 e. The highest BCUT2D eigenvalue weighted by Gasteiger charge is 2.28. The normalized spacial score (nSPS) is 13.2. The van der Waals surface area contributed by atoms with Crippen molar-refractivity contribution in [2.45, 2.75) is 70.1 Å². The Balaban J connectivity index is 0.000000778. The van der Waals surface area contributed by atoms with Gasteiger partial charge in [-0.1, -0.05) is 62.4 Å². The summed E-state index contributed by atoms with van der Waals surface area (Å²) in [6.07, 6.45) is 4.81. The van der Waals surface area contributed by atoms with Gasteiger partial charge in [0.1, 0.15) is 24.7 Å². The number of hydrogen-bond acceptors (Lipinski definition) is 8. The quantitative estimate of drug-likeness (QED) is 0.0973. The predicted molar refractivity (Wildman–Crippen MR) is 185 cm³/mol. The van der Waals surface area contributed by atoms with E-state index in [1.165, 1.54) is 7.05 Å². The van der Waals surface area contributed by atoms with Crippen LogP contribution < -0.4 is 32.3 Å². The molecule has 3 aromatic rings. The van der Waals surface area contributed by atoms with Crippen molar-refractivity contribution >= 4 is 47.1 Å². The van der Waals surface area contributed by atoms with Crippen LogP contribution in [0.1, 0.15) is 44.2 Å². The van der Waals surface area contributed by atoms with Gasteiger partial charge in [-0.2, -0.15) is 0 Å². The first-order chi connectivity index (χ1) is 23.0. The Morgan fingerprint density at radius 1 is 0.854 bits per heavy atom. The summed E-state index contributed by atoms with van der Waals surface area (Å²) in [7, 11) is 3.15. The molecule has 0 aliphatic rings. The third kappa shape index (κ3) is 13.5. The maximum absolute atomic E-state index is 13.4. The monoisotopic (exact) mass is 663 g/mol. The van der Waals surface area contributed by atoms with Crippen LogP contribution in [0.4, 0.5) is 0 Å². The number of rotatable bonds is 18. The van der Waals surface area contributed by atoms with Crippen molar-refractivity contribution in [2.75, 3.05) is 20.6 Å². The summed E-state index contributed by atoms with van der Waals surface area (Å²) in [4.78, 5) is 74.3. The van der Waals surface area contributed by atoms with E-state index in [4.69, 9.17) is 5.73 Å². The highest BCUT2D eigenvalue weighted by molar-refractivity contribution is 5.93. The molecule has 4 atom stereocenters. The van der Waals surface area contributed by atoms with Gasteiger partial charge in [0.25, 0.3) is 0 Å². The molecule has 8 N–H and O–H groups in total. The van der Waals surface area contributed by atoms with Crippen LogP contribution in [0.5, 0.6) is 0 Å². The van der Waals surface area contributed by atoms with Crippen LogP contribution in [-0.2, 0) is 41.6 Å². The van der Waals surface area contributed by atoms with E-state index in [0.717, 1.165) is 22.0 Å². The summed E-state index contributed by atoms with van der Waals surface area (Å²) in [5.74, 6) is -1.28. The number of aryl methyl sites for hydroxylation is 1. The number of hydrogen-bond donors (Lipinski definition) is 7. The van der Waals surface area contributed by atoms with Crippen LogP contribution in [-0.4, -0.2) is 86.0 Å². The number of fused-ring (bicyclic) bond motifs is 1. The molecule has 13 nitrogen and oxygen atoms in total. The van der Waals surface area contributed by atoms with Crippen LogP contribution in [0.15, 0.2) is 60.8 Å². The average molecular weight is 664 g/mol. The van der Waals surface area contributed by atoms with Gasteiger partial charge in [0.2, 0.25) is 23.6 Å². The highest BCUT2D eigenvalue weighted by Crippen LogP contribution is 2.19. The number of aldehydes is 2. The first-order valence-electron chi connectivity index (χ1n) is 16.0. The van der Waals surface area contributed by atoms with Crippen LogP contribution in [0, 0.1) is 5.92 Å². The summed E-state index contributed by atoms with van der Waals surface area (Å²) >= 11 is 0. The molecule has 0 saturated carbocycles. The first kappa shape index (κ1) is 39.3. The molecule has 260 valence electrons. The van der Waals surface area contributed by atoms with Crippen molar-refractivity contribution in [2.24, 2.45) is 11.7 Å². The fourth-order valence-electron chi connectivity index (χ4n) is 4.93. The lowest BCUT2D eigenvalue weighted by molar-refractivity contribution is -0.132. The highest BCUT2D eigenvalue weighted by atomic mass is 16.2. The number of aromatic nitrogens is 1. The Morgan fingerprint density at radius 3 is 2.15 bits per heavy atom. The number of likely N-dealkylation sites (N-methyl/N-ethyl adjacent to an activating group) is 2. The molecule has 0 aliphatic carbocycles. The van der Waals surface area contributed by atoms with E-state index in [-0.39, 0.29) is 43.5 Å². The number of H-pyrrole nitrogens is 1. The maximum atomic E-state index is 13.4. The van der Waals surface area contributed by atoms with E-state index in [1.54, 1.807) is 7.05 Å². The van der Waals surface area contributed by atoms with E-state index in [9.17, 15) is 28.8 Å². The van der Waals surface area contributed by atoms with Crippen molar-refractivity contribution in [3.8, 4) is 0 Å². The number of carbonyl (C=O) groups excluding carboxylic acids is 6. The Labute approximate surface area is 281 Å². The number of carbonyl (C=O) groups is 6. The number of nitrogens with one attached hydrogen (secondary N) is 6.